The Hall–Kier alpha value is -2.11. The molecule has 0 aromatic heterocycles. The van der Waals surface area contributed by atoms with Crippen molar-refractivity contribution in [3.8, 4) is 0 Å². The summed E-state index contributed by atoms with van der Waals surface area (Å²) >= 11 is 0. The third kappa shape index (κ3) is 6.00. The molecule has 1 unspecified atom stereocenters. The van der Waals surface area contributed by atoms with E-state index in [9.17, 15) is 20.1 Å². The van der Waals surface area contributed by atoms with Crippen LogP contribution in [0.25, 0.3) is 0 Å². The first-order chi connectivity index (χ1) is 16.6. The zero-order valence-corrected chi connectivity index (χ0v) is 21.8. The predicted octanol–water partition coefficient (Wildman–Crippen LogP) is 0.523. The second kappa shape index (κ2) is 11.7. The first-order valence-electron chi connectivity index (χ1n) is 11.9. The Morgan fingerprint density at radius 2 is 1.51 bits per heavy atom. The topological polar surface area (TPSA) is 117 Å². The molecule has 1 heterocycles. The van der Waals surface area contributed by atoms with E-state index in [2.05, 4.69) is 50.4 Å². The van der Waals surface area contributed by atoms with Crippen molar-refractivity contribution >= 4 is 24.6 Å². The fourth-order valence-corrected chi connectivity index (χ4v) is 9.28. The van der Waals surface area contributed by atoms with E-state index in [0.29, 0.717) is 0 Å². The average Bonchev–Trinajstić information content (AvgIpc) is 2.83. The average molecular weight is 504 g/mol. The van der Waals surface area contributed by atoms with Crippen LogP contribution in [0.4, 0.5) is 0 Å². The van der Waals surface area contributed by atoms with Crippen LogP contribution in [0.15, 0.2) is 60.7 Å². The van der Waals surface area contributed by atoms with Gasteiger partial charge in [0.25, 0.3) is 8.32 Å². The molecule has 1 amide bonds. The van der Waals surface area contributed by atoms with Crippen molar-refractivity contribution in [3.05, 3.63) is 60.7 Å². The molecule has 4 N–H and O–H groups in total. The van der Waals surface area contributed by atoms with Crippen molar-refractivity contribution in [1.29, 1.82) is 0 Å². The Balaban J connectivity index is 1.81. The molecule has 8 nitrogen and oxygen atoms in total. The molecule has 0 radical (unpaired) electrons. The predicted molar refractivity (Wildman–Crippen MR) is 135 cm³/mol. The lowest BCUT2D eigenvalue weighted by atomic mass is 9.97. The lowest BCUT2D eigenvalue weighted by Gasteiger charge is -2.44. The van der Waals surface area contributed by atoms with Gasteiger partial charge < -0.3 is 34.5 Å². The summed E-state index contributed by atoms with van der Waals surface area (Å²) in [5.41, 5.74) is 0. The molecule has 35 heavy (non-hydrogen) atoms. The Kier molecular flexibility index (Phi) is 9.22. The third-order valence-corrected chi connectivity index (χ3v) is 11.4. The molecule has 0 saturated carbocycles. The van der Waals surface area contributed by atoms with Crippen LogP contribution in [-0.2, 0) is 18.7 Å². The molecule has 2 aromatic rings. The summed E-state index contributed by atoms with van der Waals surface area (Å²) in [6.07, 6.45) is -4.80. The Morgan fingerprint density at radius 1 is 0.971 bits per heavy atom. The van der Waals surface area contributed by atoms with Gasteiger partial charge in [-0.1, -0.05) is 81.4 Å². The zero-order chi connectivity index (χ0) is 25.6. The monoisotopic (exact) mass is 503 g/mol. The van der Waals surface area contributed by atoms with Crippen LogP contribution in [0.3, 0.4) is 0 Å². The molecular weight excluding hydrogens is 466 g/mol. The minimum absolute atomic E-state index is 0.117. The lowest BCUT2D eigenvalue weighted by molar-refractivity contribution is -0.271. The van der Waals surface area contributed by atoms with Gasteiger partial charge in [0, 0.05) is 6.92 Å². The quantitative estimate of drug-likeness (QED) is 0.291. The van der Waals surface area contributed by atoms with Crippen molar-refractivity contribution in [2.45, 2.75) is 63.4 Å². The van der Waals surface area contributed by atoms with Crippen molar-refractivity contribution in [1.82, 2.24) is 5.32 Å². The number of ether oxygens (including phenoxy) is 2. The number of benzene rings is 2. The highest BCUT2D eigenvalue weighted by Crippen LogP contribution is 2.36. The molecule has 1 saturated heterocycles. The van der Waals surface area contributed by atoms with Crippen LogP contribution in [0.2, 0.25) is 5.04 Å². The zero-order valence-electron chi connectivity index (χ0n) is 20.8. The second-order valence-electron chi connectivity index (χ2n) is 9.82. The van der Waals surface area contributed by atoms with Gasteiger partial charge in [-0.2, -0.15) is 0 Å². The summed E-state index contributed by atoms with van der Waals surface area (Å²) < 4.78 is 18.3. The van der Waals surface area contributed by atoms with E-state index in [-0.39, 0.29) is 18.3 Å². The van der Waals surface area contributed by atoms with E-state index in [0.717, 1.165) is 10.4 Å². The van der Waals surface area contributed by atoms with E-state index in [1.165, 1.54) is 6.92 Å². The molecule has 0 spiro atoms. The summed E-state index contributed by atoms with van der Waals surface area (Å²) in [7, 11) is -2.74. The normalized spacial score (nSPS) is 25.3. The number of nitrogens with one attached hydrogen (secondary N) is 1. The van der Waals surface area contributed by atoms with Crippen LogP contribution in [0, 0.1) is 0 Å². The number of aliphatic hydroxyl groups excluding tert-OH is 3. The number of aliphatic hydroxyl groups is 3. The number of rotatable bonds is 9. The molecule has 0 bridgehead atoms. The fourth-order valence-electron chi connectivity index (χ4n) is 4.73. The van der Waals surface area contributed by atoms with Gasteiger partial charge in [0.05, 0.1) is 19.8 Å². The maximum atomic E-state index is 11.7. The number of carbonyl (C=O) groups is 1. The summed E-state index contributed by atoms with van der Waals surface area (Å²) in [6.45, 7) is 7.71. The van der Waals surface area contributed by atoms with Crippen LogP contribution >= 0.6 is 0 Å². The van der Waals surface area contributed by atoms with Gasteiger partial charge in [0.15, 0.2) is 6.29 Å². The first kappa shape index (κ1) is 27.5. The van der Waals surface area contributed by atoms with Crippen molar-refractivity contribution in [3.63, 3.8) is 0 Å². The van der Waals surface area contributed by atoms with Crippen molar-refractivity contribution < 1.29 is 34.0 Å². The number of amides is 1. The second-order valence-corrected chi connectivity index (χ2v) is 14.1. The minimum atomic E-state index is -2.74. The maximum absolute atomic E-state index is 11.7. The molecule has 192 valence electrons. The van der Waals surface area contributed by atoms with Gasteiger partial charge in [-0.25, -0.2) is 0 Å². The molecule has 5 atom stereocenters. The van der Waals surface area contributed by atoms with E-state index in [1.807, 2.05) is 36.4 Å². The summed E-state index contributed by atoms with van der Waals surface area (Å²) in [4.78, 5) is 11.7. The third-order valence-electron chi connectivity index (χ3n) is 6.35. The number of carbonyl (C=O) groups excluding carboxylic acids is 1. The van der Waals surface area contributed by atoms with Gasteiger partial charge in [0.1, 0.15) is 24.4 Å². The summed E-state index contributed by atoms with van der Waals surface area (Å²) in [6, 6.07) is 19.5. The maximum Gasteiger partial charge on any atom is 0.261 e. The smallest absolute Gasteiger partial charge is 0.261 e. The minimum Gasteiger partial charge on any atom is -0.405 e. The molecule has 1 fully saturated rings. The van der Waals surface area contributed by atoms with Gasteiger partial charge in [-0.3, -0.25) is 4.79 Å². The highest BCUT2D eigenvalue weighted by Gasteiger charge is 2.50. The van der Waals surface area contributed by atoms with Crippen molar-refractivity contribution in [2.75, 3.05) is 19.8 Å². The SMILES string of the molecule is CC(=O)N[C@H]1C(OCCO[Si](c2ccccc2)(c2ccccc2)C(C)(C)C)O[C@H](CO)[C@H](O)[C@@H]1O. The molecule has 3 rings (SSSR count). The fraction of sp³-hybridized carbons (Fsp3) is 0.500. The largest absolute Gasteiger partial charge is 0.405 e. The standard InChI is InChI=1S/C26H37NO7Si/c1-18(29)27-22-24(31)23(30)21(17-28)34-25(22)32-15-16-33-35(26(2,3)4,19-11-7-5-8-12-19)20-13-9-6-10-14-20/h5-14,21-25,28,30-31H,15-17H2,1-4H3,(H,27,29)/t21-,22-,23+,24-,25?/m1/s1. The Bertz CT molecular complexity index is 898. The van der Waals surface area contributed by atoms with E-state index in [1.54, 1.807) is 0 Å². The van der Waals surface area contributed by atoms with Gasteiger partial charge in [-0.05, 0) is 15.4 Å². The van der Waals surface area contributed by atoms with Crippen LogP contribution in [0.1, 0.15) is 27.7 Å². The molecule has 1 aliphatic heterocycles. The highest BCUT2D eigenvalue weighted by atomic mass is 28.4. The number of hydrogen-bond acceptors (Lipinski definition) is 7. The molecule has 0 aliphatic carbocycles. The lowest BCUT2D eigenvalue weighted by Crippen LogP contribution is -2.67. The summed E-state index contributed by atoms with van der Waals surface area (Å²) in [5.74, 6) is -0.399. The van der Waals surface area contributed by atoms with Crippen LogP contribution in [0.5, 0.6) is 0 Å². The van der Waals surface area contributed by atoms with E-state index < -0.39 is 51.5 Å². The van der Waals surface area contributed by atoms with E-state index in [4.69, 9.17) is 13.9 Å². The number of hydrogen-bond donors (Lipinski definition) is 4. The molecular formula is C26H37NO7Si. The van der Waals surface area contributed by atoms with Crippen LogP contribution in [-0.4, -0.2) is 80.0 Å². The van der Waals surface area contributed by atoms with Crippen molar-refractivity contribution in [2.24, 2.45) is 0 Å². The van der Waals surface area contributed by atoms with E-state index >= 15 is 0 Å². The Labute approximate surface area is 208 Å². The first-order valence-corrected chi connectivity index (χ1v) is 13.8. The highest BCUT2D eigenvalue weighted by molar-refractivity contribution is 6.99. The molecule has 9 heteroatoms. The summed E-state index contributed by atoms with van der Waals surface area (Å²) in [5, 5.41) is 34.9. The Morgan fingerprint density at radius 3 is 1.97 bits per heavy atom. The van der Waals surface area contributed by atoms with Crippen LogP contribution < -0.4 is 15.7 Å². The molecule has 2 aromatic carbocycles. The van der Waals surface area contributed by atoms with Gasteiger partial charge in [0.2, 0.25) is 5.91 Å². The van der Waals surface area contributed by atoms with Gasteiger partial charge in [-0.15, -0.1) is 0 Å². The van der Waals surface area contributed by atoms with Gasteiger partial charge >= 0.3 is 0 Å². The molecule has 1 aliphatic rings.